The molecule has 0 aliphatic heterocycles. The van der Waals surface area contributed by atoms with E-state index in [1.54, 1.807) is 0 Å². The van der Waals surface area contributed by atoms with Gasteiger partial charge in [0.1, 0.15) is 17.3 Å². The summed E-state index contributed by atoms with van der Waals surface area (Å²) in [5, 5.41) is 8.96. The van der Waals surface area contributed by atoms with Gasteiger partial charge in [-0.3, -0.25) is 0 Å². The van der Waals surface area contributed by atoms with Gasteiger partial charge >= 0.3 is 0 Å². The minimum absolute atomic E-state index is 0.408. The van der Waals surface area contributed by atoms with E-state index in [1.807, 2.05) is 73.6 Å². The number of aromatic nitrogens is 2. The van der Waals surface area contributed by atoms with Crippen LogP contribution in [0.2, 0.25) is 5.02 Å². The lowest BCUT2D eigenvalue weighted by Crippen LogP contribution is -2.31. The van der Waals surface area contributed by atoms with Crippen LogP contribution in [0.15, 0.2) is 65.1 Å². The van der Waals surface area contributed by atoms with Crippen molar-refractivity contribution in [2.24, 2.45) is 5.92 Å². The summed E-state index contributed by atoms with van der Waals surface area (Å²) >= 11 is 6.29. The second kappa shape index (κ2) is 10.7. The lowest BCUT2D eigenvalue weighted by atomic mass is 9.86. The molecule has 0 unspecified atom stereocenters. The van der Waals surface area contributed by atoms with Gasteiger partial charge in [0.2, 0.25) is 5.95 Å². The number of benzene rings is 2. The molecule has 182 valence electrons. The van der Waals surface area contributed by atoms with Gasteiger partial charge in [-0.15, -0.1) is 0 Å². The zero-order chi connectivity index (χ0) is 24.2. The topological polar surface area (TPSA) is 66.2 Å². The van der Waals surface area contributed by atoms with Crippen LogP contribution in [0.4, 0.5) is 11.8 Å². The molecular formula is C28H32ClN5O. The van der Waals surface area contributed by atoms with Crippen molar-refractivity contribution in [2.75, 3.05) is 30.9 Å². The summed E-state index contributed by atoms with van der Waals surface area (Å²) in [7, 11) is 4.05. The van der Waals surface area contributed by atoms with Crippen LogP contribution in [-0.4, -0.2) is 36.6 Å². The molecule has 0 bridgehead atoms. The van der Waals surface area contributed by atoms with E-state index in [9.17, 15) is 0 Å². The monoisotopic (exact) mass is 489 g/mol. The Balaban J connectivity index is 1.11. The number of para-hydroxylation sites is 1. The van der Waals surface area contributed by atoms with E-state index in [0.29, 0.717) is 17.0 Å². The Morgan fingerprint density at radius 1 is 0.943 bits per heavy atom. The van der Waals surface area contributed by atoms with Crippen LogP contribution in [0.1, 0.15) is 31.4 Å². The highest BCUT2D eigenvalue weighted by Crippen LogP contribution is 2.30. The second-order valence-corrected chi connectivity index (χ2v) is 9.93. The van der Waals surface area contributed by atoms with E-state index >= 15 is 0 Å². The van der Waals surface area contributed by atoms with Crippen molar-refractivity contribution in [3.05, 3.63) is 71.4 Å². The largest absolute Gasteiger partial charge is 0.460 e. The number of furan rings is 1. The second-order valence-electron chi connectivity index (χ2n) is 9.52. The molecule has 0 atom stereocenters. The fourth-order valence-corrected chi connectivity index (χ4v) is 5.07. The van der Waals surface area contributed by atoms with Crippen molar-refractivity contribution in [2.45, 2.75) is 38.3 Å². The molecule has 2 aromatic carbocycles. The van der Waals surface area contributed by atoms with E-state index in [0.717, 1.165) is 65.7 Å². The van der Waals surface area contributed by atoms with Gasteiger partial charge in [0.05, 0.1) is 17.1 Å². The normalized spacial score (nSPS) is 18.0. The zero-order valence-electron chi connectivity index (χ0n) is 20.3. The van der Waals surface area contributed by atoms with Crippen LogP contribution >= 0.6 is 11.6 Å². The third-order valence-corrected chi connectivity index (χ3v) is 7.05. The van der Waals surface area contributed by atoms with E-state index < -0.39 is 0 Å². The Morgan fingerprint density at radius 3 is 2.51 bits per heavy atom. The van der Waals surface area contributed by atoms with Gasteiger partial charge in [-0.2, -0.15) is 4.98 Å². The molecule has 0 radical (unpaired) electrons. The van der Waals surface area contributed by atoms with E-state index in [4.69, 9.17) is 26.0 Å². The molecule has 0 spiro atoms. The Kier molecular flexibility index (Phi) is 7.21. The molecule has 35 heavy (non-hydrogen) atoms. The summed E-state index contributed by atoms with van der Waals surface area (Å²) in [5.74, 6) is 4.08. The first-order valence-corrected chi connectivity index (χ1v) is 12.7. The molecule has 1 aliphatic rings. The van der Waals surface area contributed by atoms with Gasteiger partial charge in [0, 0.05) is 31.1 Å². The third kappa shape index (κ3) is 5.60. The first kappa shape index (κ1) is 23.6. The molecule has 0 amide bonds. The molecule has 2 aromatic heterocycles. The molecule has 1 fully saturated rings. The molecule has 7 heteroatoms. The summed E-state index contributed by atoms with van der Waals surface area (Å²) in [6.45, 7) is 1.72. The molecule has 0 saturated heterocycles. The minimum atomic E-state index is 0.408. The SMILES string of the molecule is CN(C)c1nc(NC2CCC(CNCc3ccc(-c4ccccc4Cl)o3)CC2)nc2ccccc12. The standard InChI is InChI=1S/C28H32ClN5O/c1-34(2)27-23-8-4-6-10-25(23)32-28(33-27)31-20-13-11-19(12-14-20)17-30-18-21-15-16-26(35-21)22-7-3-5-9-24(22)29/h3-10,15-16,19-20,30H,11-14,17-18H2,1-2H3,(H,31,32,33). The summed E-state index contributed by atoms with van der Waals surface area (Å²) in [5.41, 5.74) is 1.90. The highest BCUT2D eigenvalue weighted by molar-refractivity contribution is 6.33. The maximum absolute atomic E-state index is 6.29. The summed E-state index contributed by atoms with van der Waals surface area (Å²) in [6, 6.07) is 20.4. The number of anilines is 2. The van der Waals surface area contributed by atoms with E-state index in [1.165, 1.54) is 12.8 Å². The van der Waals surface area contributed by atoms with Crippen molar-refractivity contribution in [1.82, 2.24) is 15.3 Å². The number of nitrogens with zero attached hydrogens (tertiary/aromatic N) is 3. The molecule has 2 N–H and O–H groups in total. The van der Waals surface area contributed by atoms with Gasteiger partial charge in [-0.25, -0.2) is 4.98 Å². The van der Waals surface area contributed by atoms with Gasteiger partial charge in [0.15, 0.2) is 0 Å². The van der Waals surface area contributed by atoms with Crippen molar-refractivity contribution >= 4 is 34.3 Å². The number of hydrogen-bond donors (Lipinski definition) is 2. The maximum atomic E-state index is 6.29. The van der Waals surface area contributed by atoms with Crippen molar-refractivity contribution in [3.8, 4) is 11.3 Å². The first-order chi connectivity index (χ1) is 17.1. The molecule has 2 heterocycles. The van der Waals surface area contributed by atoms with Crippen LogP contribution in [0.25, 0.3) is 22.2 Å². The summed E-state index contributed by atoms with van der Waals surface area (Å²) in [6.07, 6.45) is 4.61. The maximum Gasteiger partial charge on any atom is 0.225 e. The summed E-state index contributed by atoms with van der Waals surface area (Å²) < 4.78 is 6.01. The first-order valence-electron chi connectivity index (χ1n) is 12.3. The van der Waals surface area contributed by atoms with Crippen molar-refractivity contribution in [3.63, 3.8) is 0 Å². The van der Waals surface area contributed by atoms with E-state index in [2.05, 4.69) is 16.7 Å². The van der Waals surface area contributed by atoms with Crippen LogP contribution < -0.4 is 15.5 Å². The van der Waals surface area contributed by atoms with Gasteiger partial charge in [-0.1, -0.05) is 35.9 Å². The number of rotatable bonds is 8. The number of halogens is 1. The lowest BCUT2D eigenvalue weighted by molar-refractivity contribution is 0.320. The highest BCUT2D eigenvalue weighted by atomic mass is 35.5. The van der Waals surface area contributed by atoms with Crippen LogP contribution in [0.5, 0.6) is 0 Å². The fourth-order valence-electron chi connectivity index (χ4n) is 4.84. The predicted molar refractivity (Wildman–Crippen MR) is 144 cm³/mol. The van der Waals surface area contributed by atoms with Gasteiger partial charge in [-0.05, 0) is 74.5 Å². The van der Waals surface area contributed by atoms with E-state index in [-0.39, 0.29) is 0 Å². The average molecular weight is 490 g/mol. The third-order valence-electron chi connectivity index (χ3n) is 6.72. The number of hydrogen-bond acceptors (Lipinski definition) is 6. The van der Waals surface area contributed by atoms with Crippen LogP contribution in [0, 0.1) is 5.92 Å². The number of fused-ring (bicyclic) bond motifs is 1. The number of nitrogens with one attached hydrogen (secondary N) is 2. The Bertz CT molecular complexity index is 1280. The lowest BCUT2D eigenvalue weighted by Gasteiger charge is -2.29. The fraction of sp³-hybridized carbons (Fsp3) is 0.357. The van der Waals surface area contributed by atoms with Gasteiger partial charge in [0.25, 0.3) is 0 Å². The average Bonchev–Trinajstić information content (AvgIpc) is 3.33. The van der Waals surface area contributed by atoms with Crippen LogP contribution in [0.3, 0.4) is 0 Å². The quantitative estimate of drug-likeness (QED) is 0.300. The minimum Gasteiger partial charge on any atom is -0.460 e. The molecule has 6 nitrogen and oxygen atoms in total. The molecule has 4 aromatic rings. The van der Waals surface area contributed by atoms with Crippen molar-refractivity contribution in [1.29, 1.82) is 0 Å². The predicted octanol–water partition coefficient (Wildman–Crippen LogP) is 6.37. The Hall–Kier alpha value is -3.09. The zero-order valence-corrected chi connectivity index (χ0v) is 21.1. The molecule has 5 rings (SSSR count). The Morgan fingerprint density at radius 2 is 1.71 bits per heavy atom. The smallest absolute Gasteiger partial charge is 0.225 e. The molecule has 1 saturated carbocycles. The van der Waals surface area contributed by atoms with Crippen molar-refractivity contribution < 1.29 is 4.42 Å². The Labute approximate surface area is 211 Å². The summed E-state index contributed by atoms with van der Waals surface area (Å²) in [4.78, 5) is 11.6. The highest BCUT2D eigenvalue weighted by Gasteiger charge is 2.22. The van der Waals surface area contributed by atoms with Crippen LogP contribution in [-0.2, 0) is 6.54 Å². The molecule has 1 aliphatic carbocycles. The van der Waals surface area contributed by atoms with Gasteiger partial charge < -0.3 is 20.0 Å². The molecular weight excluding hydrogens is 458 g/mol.